The highest BCUT2D eigenvalue weighted by Crippen LogP contribution is 2.33. The van der Waals surface area contributed by atoms with Gasteiger partial charge in [-0.3, -0.25) is 0 Å². The predicted octanol–water partition coefficient (Wildman–Crippen LogP) is 3.49. The third-order valence-corrected chi connectivity index (χ3v) is 3.63. The van der Waals surface area contributed by atoms with E-state index in [1.54, 1.807) is 7.11 Å². The van der Waals surface area contributed by atoms with Gasteiger partial charge >= 0.3 is 0 Å². The molecule has 0 saturated carbocycles. The minimum atomic E-state index is 0.503. The molecule has 1 heterocycles. The van der Waals surface area contributed by atoms with Gasteiger partial charge in [0, 0.05) is 6.04 Å². The smallest absolute Gasteiger partial charge is 0.122 e. The molecule has 1 saturated heterocycles. The van der Waals surface area contributed by atoms with Crippen LogP contribution < -0.4 is 10.1 Å². The van der Waals surface area contributed by atoms with E-state index in [2.05, 4.69) is 44.3 Å². The summed E-state index contributed by atoms with van der Waals surface area (Å²) in [7, 11) is 1.75. The van der Waals surface area contributed by atoms with Crippen LogP contribution in [0.5, 0.6) is 5.75 Å². The Morgan fingerprint density at radius 3 is 2.65 bits per heavy atom. The Balaban J connectivity index is 2.27. The lowest BCUT2D eigenvalue weighted by Gasteiger charge is -2.17. The van der Waals surface area contributed by atoms with Crippen molar-refractivity contribution in [1.82, 2.24) is 5.32 Å². The quantitative estimate of drug-likeness (QED) is 0.863. The van der Waals surface area contributed by atoms with Gasteiger partial charge in [0.25, 0.3) is 0 Å². The molecule has 1 fully saturated rings. The predicted molar refractivity (Wildman–Crippen MR) is 71.6 cm³/mol. The summed E-state index contributed by atoms with van der Waals surface area (Å²) in [5, 5.41) is 3.59. The maximum Gasteiger partial charge on any atom is 0.122 e. The number of methoxy groups -OCH3 is 1. The van der Waals surface area contributed by atoms with Crippen molar-refractivity contribution < 1.29 is 4.74 Å². The van der Waals surface area contributed by atoms with E-state index < -0.39 is 0 Å². The zero-order valence-corrected chi connectivity index (χ0v) is 11.3. The molecule has 0 spiro atoms. The molecule has 0 radical (unpaired) electrons. The van der Waals surface area contributed by atoms with Crippen molar-refractivity contribution in [2.75, 3.05) is 13.7 Å². The van der Waals surface area contributed by atoms with Gasteiger partial charge in [0.15, 0.2) is 0 Å². The molecule has 2 rings (SSSR count). The van der Waals surface area contributed by atoms with Gasteiger partial charge in [-0.15, -0.1) is 0 Å². The van der Waals surface area contributed by atoms with E-state index in [9.17, 15) is 0 Å². The lowest BCUT2D eigenvalue weighted by atomic mass is 9.95. The number of ether oxygens (including phenoxy) is 1. The average molecular weight is 233 g/mol. The lowest BCUT2D eigenvalue weighted by Crippen LogP contribution is -2.13. The first-order valence-corrected chi connectivity index (χ1v) is 6.53. The molecule has 0 bridgehead atoms. The standard InChI is InChI=1S/C15H23NO/c1-10(2)13-8-12(5-6-15(13)17-4)14-7-11(3)9-16-14/h5-6,8,10-11,14,16H,7,9H2,1-4H3/t11-,14+/m0/s1. The van der Waals surface area contributed by atoms with Crippen LogP contribution in [0.1, 0.15) is 50.3 Å². The van der Waals surface area contributed by atoms with Gasteiger partial charge in [-0.1, -0.05) is 32.9 Å². The Morgan fingerprint density at radius 2 is 2.12 bits per heavy atom. The summed E-state index contributed by atoms with van der Waals surface area (Å²) in [4.78, 5) is 0. The summed E-state index contributed by atoms with van der Waals surface area (Å²) >= 11 is 0. The number of rotatable bonds is 3. The van der Waals surface area contributed by atoms with E-state index in [0.717, 1.165) is 18.2 Å². The summed E-state index contributed by atoms with van der Waals surface area (Å²) in [6.07, 6.45) is 1.24. The van der Waals surface area contributed by atoms with Crippen molar-refractivity contribution in [2.24, 2.45) is 5.92 Å². The molecular formula is C15H23NO. The third-order valence-electron chi connectivity index (χ3n) is 3.63. The van der Waals surface area contributed by atoms with Gasteiger partial charge in [-0.25, -0.2) is 0 Å². The Labute approximate surface area is 104 Å². The molecule has 0 aliphatic carbocycles. The SMILES string of the molecule is COc1ccc([C@H]2C[C@H](C)CN2)cc1C(C)C. The van der Waals surface area contributed by atoms with Crippen molar-refractivity contribution in [3.8, 4) is 5.75 Å². The van der Waals surface area contributed by atoms with E-state index in [1.807, 2.05) is 0 Å². The molecule has 2 nitrogen and oxygen atoms in total. The minimum absolute atomic E-state index is 0.503. The van der Waals surface area contributed by atoms with Gasteiger partial charge < -0.3 is 10.1 Å². The fourth-order valence-electron chi connectivity index (χ4n) is 2.59. The van der Waals surface area contributed by atoms with E-state index in [4.69, 9.17) is 4.74 Å². The molecule has 1 aliphatic heterocycles. The van der Waals surface area contributed by atoms with E-state index in [1.165, 1.54) is 17.5 Å². The molecule has 0 unspecified atom stereocenters. The van der Waals surface area contributed by atoms with E-state index >= 15 is 0 Å². The largest absolute Gasteiger partial charge is 0.496 e. The van der Waals surface area contributed by atoms with Crippen molar-refractivity contribution in [3.05, 3.63) is 29.3 Å². The minimum Gasteiger partial charge on any atom is -0.496 e. The number of hydrogen-bond donors (Lipinski definition) is 1. The first-order chi connectivity index (χ1) is 8.11. The van der Waals surface area contributed by atoms with Crippen LogP contribution in [-0.4, -0.2) is 13.7 Å². The number of benzene rings is 1. The Morgan fingerprint density at radius 1 is 1.35 bits per heavy atom. The third kappa shape index (κ3) is 2.63. The zero-order chi connectivity index (χ0) is 12.4. The lowest BCUT2D eigenvalue weighted by molar-refractivity contribution is 0.407. The molecule has 94 valence electrons. The Hall–Kier alpha value is -1.02. The molecule has 0 aromatic heterocycles. The summed E-state index contributed by atoms with van der Waals surface area (Å²) < 4.78 is 5.42. The zero-order valence-electron chi connectivity index (χ0n) is 11.3. The number of nitrogens with one attached hydrogen (secondary N) is 1. The van der Waals surface area contributed by atoms with E-state index in [0.29, 0.717) is 12.0 Å². The molecule has 0 amide bonds. The second kappa shape index (κ2) is 5.09. The van der Waals surface area contributed by atoms with Crippen molar-refractivity contribution in [3.63, 3.8) is 0 Å². The summed E-state index contributed by atoms with van der Waals surface area (Å²) in [6.45, 7) is 7.87. The number of hydrogen-bond acceptors (Lipinski definition) is 2. The fourth-order valence-corrected chi connectivity index (χ4v) is 2.59. The van der Waals surface area contributed by atoms with Crippen LogP contribution in [0.3, 0.4) is 0 Å². The second-order valence-corrected chi connectivity index (χ2v) is 5.46. The van der Waals surface area contributed by atoms with Gasteiger partial charge in [-0.05, 0) is 42.0 Å². The van der Waals surface area contributed by atoms with E-state index in [-0.39, 0.29) is 0 Å². The average Bonchev–Trinajstić information content (AvgIpc) is 2.75. The van der Waals surface area contributed by atoms with Gasteiger partial charge in [0.2, 0.25) is 0 Å². The molecule has 2 atom stereocenters. The van der Waals surface area contributed by atoms with Gasteiger partial charge in [0.05, 0.1) is 7.11 Å². The summed E-state index contributed by atoms with van der Waals surface area (Å²) in [5.74, 6) is 2.29. The summed E-state index contributed by atoms with van der Waals surface area (Å²) in [5.41, 5.74) is 2.71. The molecule has 17 heavy (non-hydrogen) atoms. The first kappa shape index (κ1) is 12.4. The van der Waals surface area contributed by atoms with Crippen molar-refractivity contribution in [1.29, 1.82) is 0 Å². The molecule has 1 N–H and O–H groups in total. The highest BCUT2D eigenvalue weighted by Gasteiger charge is 2.22. The molecule has 2 heteroatoms. The Kier molecular flexibility index (Phi) is 3.72. The Bertz CT molecular complexity index is 387. The monoisotopic (exact) mass is 233 g/mol. The molecule has 1 aromatic carbocycles. The van der Waals surface area contributed by atoms with Crippen LogP contribution in [0.25, 0.3) is 0 Å². The maximum atomic E-state index is 5.42. The van der Waals surface area contributed by atoms with Crippen LogP contribution in [-0.2, 0) is 0 Å². The highest BCUT2D eigenvalue weighted by atomic mass is 16.5. The molecule has 1 aliphatic rings. The van der Waals surface area contributed by atoms with Crippen molar-refractivity contribution >= 4 is 0 Å². The van der Waals surface area contributed by atoms with Gasteiger partial charge in [-0.2, -0.15) is 0 Å². The van der Waals surface area contributed by atoms with Crippen LogP contribution in [0.4, 0.5) is 0 Å². The maximum absolute atomic E-state index is 5.42. The second-order valence-electron chi connectivity index (χ2n) is 5.46. The fraction of sp³-hybridized carbons (Fsp3) is 0.600. The molecular weight excluding hydrogens is 210 g/mol. The topological polar surface area (TPSA) is 21.3 Å². The van der Waals surface area contributed by atoms with Crippen molar-refractivity contribution in [2.45, 2.75) is 39.2 Å². The van der Waals surface area contributed by atoms with Crippen LogP contribution in [0, 0.1) is 5.92 Å². The van der Waals surface area contributed by atoms with Crippen LogP contribution >= 0.6 is 0 Å². The summed E-state index contributed by atoms with van der Waals surface area (Å²) in [6, 6.07) is 7.13. The van der Waals surface area contributed by atoms with Crippen LogP contribution in [0.2, 0.25) is 0 Å². The highest BCUT2D eigenvalue weighted by molar-refractivity contribution is 5.40. The molecule has 1 aromatic rings. The van der Waals surface area contributed by atoms with Gasteiger partial charge in [0.1, 0.15) is 5.75 Å². The first-order valence-electron chi connectivity index (χ1n) is 6.53. The normalized spacial score (nSPS) is 24.3. The van der Waals surface area contributed by atoms with Crippen LogP contribution in [0.15, 0.2) is 18.2 Å².